The molecule has 0 aromatic carbocycles. The maximum Gasteiger partial charge on any atom is 0.235 e. The van der Waals surface area contributed by atoms with Gasteiger partial charge in [-0.2, -0.15) is 0 Å². The fourth-order valence-corrected chi connectivity index (χ4v) is 3.40. The topological polar surface area (TPSA) is 37.4 Å². The number of ketones is 1. The van der Waals surface area contributed by atoms with E-state index in [9.17, 15) is 9.59 Å². The molecule has 15 heavy (non-hydrogen) atoms. The Kier molecular flexibility index (Phi) is 3.67. The third-order valence-electron chi connectivity index (χ3n) is 3.09. The van der Waals surface area contributed by atoms with Crippen LogP contribution >= 0.6 is 11.8 Å². The number of thioether (sulfide) groups is 1. The highest BCUT2D eigenvalue weighted by molar-refractivity contribution is 8.00. The van der Waals surface area contributed by atoms with Gasteiger partial charge in [0.15, 0.2) is 0 Å². The first-order valence-electron chi connectivity index (χ1n) is 5.69. The van der Waals surface area contributed by atoms with Crippen LogP contribution in [0.3, 0.4) is 0 Å². The summed E-state index contributed by atoms with van der Waals surface area (Å²) in [5, 5.41) is 0.173. The Morgan fingerprint density at radius 3 is 2.60 bits per heavy atom. The number of nitrogens with zero attached hydrogens (tertiary/aromatic N) is 1. The minimum absolute atomic E-state index is 0.173. The SMILES string of the molecule is O=C1CCN(C(=O)C2CCCCS2)CC1. The number of Topliss-reactive ketones (excluding diaryl/α,β-unsaturated/α-hetero) is 1. The van der Waals surface area contributed by atoms with Crippen LogP contribution in [0.4, 0.5) is 0 Å². The summed E-state index contributed by atoms with van der Waals surface area (Å²) >= 11 is 1.79. The molecule has 0 aromatic heterocycles. The molecule has 0 spiro atoms. The van der Waals surface area contributed by atoms with Crippen molar-refractivity contribution in [3.63, 3.8) is 0 Å². The van der Waals surface area contributed by atoms with Crippen molar-refractivity contribution >= 4 is 23.5 Å². The number of hydrogen-bond acceptors (Lipinski definition) is 3. The van der Waals surface area contributed by atoms with Gasteiger partial charge in [0, 0.05) is 25.9 Å². The standard InChI is InChI=1S/C11H17NO2S/c13-9-4-6-12(7-5-9)11(14)10-3-1-2-8-15-10/h10H,1-8H2. The number of carbonyl (C=O) groups excluding carboxylic acids is 2. The second-order valence-corrected chi connectivity index (χ2v) is 5.53. The molecule has 1 unspecified atom stereocenters. The number of rotatable bonds is 1. The molecule has 2 fully saturated rings. The fourth-order valence-electron chi connectivity index (χ4n) is 2.12. The molecule has 2 aliphatic rings. The molecule has 3 nitrogen and oxygen atoms in total. The summed E-state index contributed by atoms with van der Waals surface area (Å²) in [4.78, 5) is 25.0. The van der Waals surface area contributed by atoms with Crippen molar-refractivity contribution in [2.75, 3.05) is 18.8 Å². The Hall–Kier alpha value is -0.510. The molecule has 0 radical (unpaired) electrons. The van der Waals surface area contributed by atoms with Crippen molar-refractivity contribution in [1.82, 2.24) is 4.90 Å². The lowest BCUT2D eigenvalue weighted by Crippen LogP contribution is -2.43. The summed E-state index contributed by atoms with van der Waals surface area (Å²) in [5.74, 6) is 1.69. The van der Waals surface area contributed by atoms with E-state index >= 15 is 0 Å². The van der Waals surface area contributed by atoms with E-state index in [0.29, 0.717) is 31.7 Å². The van der Waals surface area contributed by atoms with Crippen LogP contribution in [0.5, 0.6) is 0 Å². The predicted molar refractivity (Wildman–Crippen MR) is 60.9 cm³/mol. The Morgan fingerprint density at radius 2 is 2.00 bits per heavy atom. The Labute approximate surface area is 94.6 Å². The van der Waals surface area contributed by atoms with Crippen LogP contribution in [0.25, 0.3) is 0 Å². The van der Waals surface area contributed by atoms with Gasteiger partial charge in [0.05, 0.1) is 5.25 Å². The molecule has 2 saturated heterocycles. The number of amides is 1. The van der Waals surface area contributed by atoms with E-state index < -0.39 is 0 Å². The van der Waals surface area contributed by atoms with E-state index in [-0.39, 0.29) is 11.2 Å². The summed E-state index contributed by atoms with van der Waals surface area (Å²) in [7, 11) is 0. The fraction of sp³-hybridized carbons (Fsp3) is 0.818. The van der Waals surface area contributed by atoms with Crippen molar-refractivity contribution in [2.24, 2.45) is 0 Å². The van der Waals surface area contributed by atoms with Crippen molar-refractivity contribution < 1.29 is 9.59 Å². The van der Waals surface area contributed by atoms with Gasteiger partial charge < -0.3 is 4.90 Å². The van der Waals surface area contributed by atoms with E-state index in [1.807, 2.05) is 4.90 Å². The van der Waals surface area contributed by atoms with Gasteiger partial charge in [0.25, 0.3) is 0 Å². The summed E-state index contributed by atoms with van der Waals surface area (Å²) in [5.41, 5.74) is 0. The molecule has 1 amide bonds. The molecular formula is C11H17NO2S. The van der Waals surface area contributed by atoms with E-state index in [1.54, 1.807) is 11.8 Å². The van der Waals surface area contributed by atoms with Crippen molar-refractivity contribution in [2.45, 2.75) is 37.4 Å². The molecule has 0 bridgehead atoms. The summed E-state index contributed by atoms with van der Waals surface area (Å²) in [6, 6.07) is 0. The normalized spacial score (nSPS) is 27.9. The maximum atomic E-state index is 12.1. The van der Waals surface area contributed by atoms with E-state index in [2.05, 4.69) is 0 Å². The van der Waals surface area contributed by atoms with Crippen LogP contribution in [-0.4, -0.2) is 40.7 Å². The Morgan fingerprint density at radius 1 is 1.27 bits per heavy atom. The van der Waals surface area contributed by atoms with Crippen LogP contribution in [0.15, 0.2) is 0 Å². The highest BCUT2D eigenvalue weighted by Crippen LogP contribution is 2.27. The van der Waals surface area contributed by atoms with E-state index in [0.717, 1.165) is 12.2 Å². The maximum absolute atomic E-state index is 12.1. The molecule has 1 atom stereocenters. The van der Waals surface area contributed by atoms with E-state index in [4.69, 9.17) is 0 Å². The zero-order valence-electron chi connectivity index (χ0n) is 8.91. The molecule has 4 heteroatoms. The van der Waals surface area contributed by atoms with Crippen molar-refractivity contribution in [1.29, 1.82) is 0 Å². The summed E-state index contributed by atoms with van der Waals surface area (Å²) < 4.78 is 0. The number of carbonyl (C=O) groups is 2. The largest absolute Gasteiger partial charge is 0.341 e. The molecule has 0 saturated carbocycles. The van der Waals surface area contributed by atoms with Crippen molar-refractivity contribution in [3.05, 3.63) is 0 Å². The summed E-state index contributed by atoms with van der Waals surface area (Å²) in [6.07, 6.45) is 4.56. The van der Waals surface area contributed by atoms with Gasteiger partial charge in [-0.15, -0.1) is 11.8 Å². The van der Waals surface area contributed by atoms with Crippen LogP contribution in [0.1, 0.15) is 32.1 Å². The van der Waals surface area contributed by atoms with Crippen LogP contribution < -0.4 is 0 Å². The van der Waals surface area contributed by atoms with Gasteiger partial charge in [0.1, 0.15) is 5.78 Å². The second kappa shape index (κ2) is 5.01. The van der Waals surface area contributed by atoms with Crippen molar-refractivity contribution in [3.8, 4) is 0 Å². The molecule has 2 rings (SSSR count). The third-order valence-corrected chi connectivity index (χ3v) is 4.45. The zero-order chi connectivity index (χ0) is 10.7. The third kappa shape index (κ3) is 2.74. The zero-order valence-corrected chi connectivity index (χ0v) is 9.72. The Bertz CT molecular complexity index is 251. The predicted octanol–water partition coefficient (Wildman–Crippen LogP) is 1.46. The van der Waals surface area contributed by atoms with Gasteiger partial charge in [-0.1, -0.05) is 6.42 Å². The second-order valence-electron chi connectivity index (χ2n) is 4.22. The number of piperidine rings is 1. The molecular weight excluding hydrogens is 210 g/mol. The van der Waals surface area contributed by atoms with Crippen LogP contribution in [0, 0.1) is 0 Å². The van der Waals surface area contributed by atoms with Crippen LogP contribution in [0.2, 0.25) is 0 Å². The number of likely N-dealkylation sites (tertiary alicyclic amines) is 1. The van der Waals surface area contributed by atoms with Gasteiger partial charge >= 0.3 is 0 Å². The van der Waals surface area contributed by atoms with Gasteiger partial charge in [-0.3, -0.25) is 9.59 Å². The average Bonchev–Trinajstić information content (AvgIpc) is 2.30. The highest BCUT2D eigenvalue weighted by atomic mass is 32.2. The lowest BCUT2D eigenvalue weighted by atomic mass is 10.1. The molecule has 2 heterocycles. The summed E-state index contributed by atoms with van der Waals surface area (Å²) in [6.45, 7) is 1.30. The quantitative estimate of drug-likeness (QED) is 0.680. The smallest absolute Gasteiger partial charge is 0.235 e. The minimum atomic E-state index is 0.173. The first-order chi connectivity index (χ1) is 7.27. The Balaban J connectivity index is 1.86. The molecule has 0 aliphatic carbocycles. The molecule has 0 N–H and O–H groups in total. The van der Waals surface area contributed by atoms with Crippen LogP contribution in [-0.2, 0) is 9.59 Å². The minimum Gasteiger partial charge on any atom is -0.341 e. The average molecular weight is 227 g/mol. The first kappa shape index (κ1) is 11.0. The lowest BCUT2D eigenvalue weighted by Gasteiger charge is -2.31. The molecule has 2 aliphatic heterocycles. The molecule has 84 valence electrons. The first-order valence-corrected chi connectivity index (χ1v) is 6.74. The van der Waals surface area contributed by atoms with E-state index in [1.165, 1.54) is 12.8 Å². The monoisotopic (exact) mass is 227 g/mol. The van der Waals surface area contributed by atoms with Gasteiger partial charge in [-0.25, -0.2) is 0 Å². The highest BCUT2D eigenvalue weighted by Gasteiger charge is 2.28. The van der Waals surface area contributed by atoms with Gasteiger partial charge in [0.2, 0.25) is 5.91 Å². The lowest BCUT2D eigenvalue weighted by molar-refractivity contribution is -0.134. The number of hydrogen-bond donors (Lipinski definition) is 0. The molecule has 0 aromatic rings. The van der Waals surface area contributed by atoms with Gasteiger partial charge in [-0.05, 0) is 18.6 Å².